The average Bonchev–Trinajstić information content (AvgIpc) is 2.69. The SMILES string of the molecule is CCCC[Si](C)(C)O[Si](C)(C)CC.CC[Si](C)(C)O[SiH](C)C.CC[Si](C)(C)O[Si](C)(C)CCCN. The van der Waals surface area contributed by atoms with Crippen LogP contribution in [-0.4, -0.2) is 57.2 Å². The van der Waals surface area contributed by atoms with E-state index in [2.05, 4.69) is 106 Å². The van der Waals surface area contributed by atoms with Gasteiger partial charge in [0.05, 0.1) is 0 Å². The van der Waals surface area contributed by atoms with Crippen LogP contribution >= 0.6 is 0 Å². The standard InChI is InChI=1S/C10H26OSi2.C9H25NOSi2.C6H18OSi2/c1-7-9-10-13(5,6)11-12(3,4)8-2;1-6-12(2,3)11-13(4,5)9-7-8-10;1-6-9(4,5)7-8(2)3/h7-10H2,1-6H3;6-10H2,1-5H3;8H,6H2,1-5H3. The van der Waals surface area contributed by atoms with Crippen LogP contribution in [0, 0.1) is 0 Å². The predicted octanol–water partition coefficient (Wildman–Crippen LogP) is 9.23. The normalized spacial score (nSPS) is 13.2. The molecule has 0 amide bonds. The van der Waals surface area contributed by atoms with Gasteiger partial charge >= 0.3 is 0 Å². The molecule has 4 nitrogen and oxygen atoms in total. The van der Waals surface area contributed by atoms with Gasteiger partial charge in [0.2, 0.25) is 0 Å². The third-order valence-electron chi connectivity index (χ3n) is 6.33. The van der Waals surface area contributed by atoms with Gasteiger partial charge in [-0.25, -0.2) is 0 Å². The molecular weight excluding hydrogens is 531 g/mol. The first-order valence-electron chi connectivity index (χ1n) is 14.4. The second kappa shape index (κ2) is 19.2. The lowest BCUT2D eigenvalue weighted by Crippen LogP contribution is -2.43. The van der Waals surface area contributed by atoms with Crippen LogP contribution in [0.1, 0.15) is 47.0 Å². The van der Waals surface area contributed by atoms with Crippen molar-refractivity contribution >= 4 is 50.6 Å². The molecule has 0 atom stereocenters. The Hall–Kier alpha value is 1.14. The zero-order valence-corrected chi connectivity index (χ0v) is 33.4. The van der Waals surface area contributed by atoms with Crippen LogP contribution in [0.25, 0.3) is 0 Å². The molecule has 0 unspecified atom stereocenters. The van der Waals surface area contributed by atoms with Gasteiger partial charge in [0.25, 0.3) is 0 Å². The molecule has 216 valence electrons. The molecule has 0 aliphatic rings. The smallest absolute Gasteiger partial charge is 0.173 e. The van der Waals surface area contributed by atoms with E-state index in [1.165, 1.54) is 43.1 Å². The molecule has 0 saturated carbocycles. The lowest BCUT2D eigenvalue weighted by atomic mass is 10.4. The van der Waals surface area contributed by atoms with Gasteiger partial charge in [-0.2, -0.15) is 0 Å². The number of hydrogen-bond donors (Lipinski definition) is 1. The predicted molar refractivity (Wildman–Crippen MR) is 179 cm³/mol. The largest absolute Gasteiger partial charge is 0.458 e. The molecule has 0 spiro atoms. The van der Waals surface area contributed by atoms with Crippen LogP contribution in [0.4, 0.5) is 0 Å². The van der Waals surface area contributed by atoms with E-state index >= 15 is 0 Å². The van der Waals surface area contributed by atoms with Crippen LogP contribution in [0.3, 0.4) is 0 Å². The first-order valence-corrected chi connectivity index (χ1v) is 32.8. The molecule has 0 rings (SSSR count). The topological polar surface area (TPSA) is 53.7 Å². The van der Waals surface area contributed by atoms with E-state index in [4.69, 9.17) is 18.1 Å². The summed E-state index contributed by atoms with van der Waals surface area (Å²) in [5.41, 5.74) is 5.51. The molecule has 0 heterocycles. The minimum Gasteiger partial charge on any atom is -0.458 e. The van der Waals surface area contributed by atoms with Crippen molar-refractivity contribution in [1.82, 2.24) is 0 Å². The molecule has 0 saturated heterocycles. The second-order valence-electron chi connectivity index (χ2n) is 13.2. The summed E-state index contributed by atoms with van der Waals surface area (Å²) < 4.78 is 18.5. The van der Waals surface area contributed by atoms with Crippen LogP contribution < -0.4 is 5.73 Å². The highest BCUT2D eigenvalue weighted by Crippen LogP contribution is 2.23. The van der Waals surface area contributed by atoms with Crippen molar-refractivity contribution in [3.63, 3.8) is 0 Å². The monoisotopic (exact) mass is 599 g/mol. The van der Waals surface area contributed by atoms with E-state index in [1.807, 2.05) is 0 Å². The molecule has 2 N–H and O–H groups in total. The molecule has 0 radical (unpaired) electrons. The van der Waals surface area contributed by atoms with E-state index in [0.717, 1.165) is 13.0 Å². The van der Waals surface area contributed by atoms with Crippen molar-refractivity contribution < 1.29 is 12.3 Å². The van der Waals surface area contributed by atoms with Gasteiger partial charge in [-0.15, -0.1) is 0 Å². The van der Waals surface area contributed by atoms with Gasteiger partial charge in [-0.05, 0) is 122 Å². The molecular formula is C25H69NO3Si6. The quantitative estimate of drug-likeness (QED) is 0.191. The van der Waals surface area contributed by atoms with Gasteiger partial charge in [-0.3, -0.25) is 0 Å². The van der Waals surface area contributed by atoms with Crippen LogP contribution in [0.2, 0.25) is 109 Å². The van der Waals surface area contributed by atoms with Gasteiger partial charge in [0.15, 0.2) is 50.6 Å². The van der Waals surface area contributed by atoms with Crippen LogP contribution in [0.5, 0.6) is 0 Å². The molecule has 0 aromatic heterocycles. The average molecular weight is 600 g/mol. The van der Waals surface area contributed by atoms with Gasteiger partial charge in [0, 0.05) is 0 Å². The van der Waals surface area contributed by atoms with Crippen molar-refractivity contribution in [3.8, 4) is 0 Å². The summed E-state index contributed by atoms with van der Waals surface area (Å²) in [5.74, 6) is 0. The summed E-state index contributed by atoms with van der Waals surface area (Å²) in [5, 5.41) is 0. The number of rotatable bonds is 15. The third kappa shape index (κ3) is 28.0. The highest BCUT2D eigenvalue weighted by molar-refractivity contribution is 6.85. The molecule has 0 aliphatic carbocycles. The van der Waals surface area contributed by atoms with Crippen LogP contribution in [-0.2, 0) is 12.3 Å². The van der Waals surface area contributed by atoms with E-state index < -0.39 is 50.6 Å². The lowest BCUT2D eigenvalue weighted by Gasteiger charge is -2.33. The summed E-state index contributed by atoms with van der Waals surface area (Å²) in [6.07, 6.45) is 3.76. The third-order valence-corrected chi connectivity index (χ3v) is 27.8. The Bertz CT molecular complexity index is 481. The maximum absolute atomic E-state index is 6.35. The van der Waals surface area contributed by atoms with Gasteiger partial charge in [-0.1, -0.05) is 40.5 Å². The highest BCUT2D eigenvalue weighted by Gasteiger charge is 2.31. The van der Waals surface area contributed by atoms with Crippen molar-refractivity contribution in [3.05, 3.63) is 0 Å². The fourth-order valence-corrected chi connectivity index (χ4v) is 25.6. The summed E-state index contributed by atoms with van der Waals surface area (Å²) in [7, 11) is -7.29. The Balaban J connectivity index is -0.000000448. The van der Waals surface area contributed by atoms with Gasteiger partial charge in [0.1, 0.15) is 0 Å². The Labute approximate surface area is 230 Å². The van der Waals surface area contributed by atoms with E-state index in [9.17, 15) is 0 Å². The molecule has 0 fully saturated rings. The van der Waals surface area contributed by atoms with Crippen molar-refractivity contribution in [2.24, 2.45) is 5.73 Å². The Kier molecular flexibility index (Phi) is 22.3. The summed E-state index contributed by atoms with van der Waals surface area (Å²) in [6.45, 7) is 37.5. The van der Waals surface area contributed by atoms with Crippen molar-refractivity contribution in [1.29, 1.82) is 0 Å². The van der Waals surface area contributed by atoms with E-state index in [-0.39, 0.29) is 0 Å². The maximum Gasteiger partial charge on any atom is 0.173 e. The second-order valence-corrected chi connectivity index (χ2v) is 38.6. The van der Waals surface area contributed by atoms with Crippen LogP contribution in [0.15, 0.2) is 0 Å². The molecule has 10 heteroatoms. The lowest BCUT2D eigenvalue weighted by molar-refractivity contribution is 0.534. The Morgan fingerprint density at radius 2 is 0.886 bits per heavy atom. The number of hydrogen-bond acceptors (Lipinski definition) is 4. The minimum atomic E-state index is -1.40. The zero-order valence-electron chi connectivity index (χ0n) is 27.2. The Morgan fingerprint density at radius 3 is 1.11 bits per heavy atom. The molecule has 35 heavy (non-hydrogen) atoms. The first-order chi connectivity index (χ1) is 15.6. The summed E-state index contributed by atoms with van der Waals surface area (Å²) in [6, 6.07) is 6.25. The maximum atomic E-state index is 6.35. The Morgan fingerprint density at radius 1 is 0.543 bits per heavy atom. The summed E-state index contributed by atoms with van der Waals surface area (Å²) in [4.78, 5) is 0. The fraction of sp³-hybridized carbons (Fsp3) is 1.00. The van der Waals surface area contributed by atoms with Crippen molar-refractivity contribution in [2.45, 2.75) is 156 Å². The highest BCUT2D eigenvalue weighted by atomic mass is 28.4. The molecule has 0 aromatic carbocycles. The molecule has 0 bridgehead atoms. The van der Waals surface area contributed by atoms with Crippen molar-refractivity contribution in [2.75, 3.05) is 6.54 Å². The molecule has 0 aromatic rings. The van der Waals surface area contributed by atoms with E-state index in [1.54, 1.807) is 0 Å². The zero-order chi connectivity index (χ0) is 28.6. The first kappa shape index (κ1) is 40.6. The van der Waals surface area contributed by atoms with E-state index in [0.29, 0.717) is 0 Å². The molecule has 0 aliphatic heterocycles. The number of unbranched alkanes of at least 4 members (excludes halogenated alkanes) is 1. The van der Waals surface area contributed by atoms with Gasteiger partial charge < -0.3 is 18.1 Å². The summed E-state index contributed by atoms with van der Waals surface area (Å²) >= 11 is 0. The minimum absolute atomic E-state index is 0.751. The number of nitrogens with two attached hydrogens (primary N) is 1. The fourth-order valence-electron chi connectivity index (χ4n) is 3.59.